The highest BCUT2D eigenvalue weighted by atomic mass is 16.6. The third kappa shape index (κ3) is 2.62. The minimum absolute atomic E-state index is 0.199. The molecule has 3 nitrogen and oxygen atoms in total. The first kappa shape index (κ1) is 12.9. The fourth-order valence-electron chi connectivity index (χ4n) is 3.14. The molecule has 1 saturated heterocycles. The fraction of sp³-hybridized carbons (Fsp3) is 0.688. The number of esters is 1. The second kappa shape index (κ2) is 4.48. The number of allylic oxidation sites excluding steroid dienone is 2. The summed E-state index contributed by atoms with van der Waals surface area (Å²) in [7, 11) is 0. The molecule has 2 aliphatic carbocycles. The summed E-state index contributed by atoms with van der Waals surface area (Å²) in [6.45, 7) is 7.47. The maximum atomic E-state index is 11.8. The van der Waals surface area contributed by atoms with Crippen LogP contribution in [0.5, 0.6) is 0 Å². The molecule has 0 aromatic heterocycles. The Balaban J connectivity index is 1.62. The quantitative estimate of drug-likeness (QED) is 0.436. The number of carbonyl (C=O) groups excluding carboxylic acids is 1. The lowest BCUT2D eigenvalue weighted by atomic mass is 9.71. The average Bonchev–Trinajstić information content (AvgIpc) is 2.48. The molecule has 2 atom stereocenters. The standard InChI is InChI=1S/C16H22O3/c1-16(2,3)19-15(17)7-12-5-11-4-10(6-14(11)12)13-8-18-9-13/h6-7,11,13-14H,4-5,8-9H2,1-3H3/b12-7-. The first-order valence-electron chi connectivity index (χ1n) is 7.14. The Kier molecular flexibility index (Phi) is 3.05. The van der Waals surface area contributed by atoms with Crippen LogP contribution in [-0.2, 0) is 14.3 Å². The highest BCUT2D eigenvalue weighted by Crippen LogP contribution is 2.51. The van der Waals surface area contributed by atoms with Crippen molar-refractivity contribution in [1.82, 2.24) is 0 Å². The lowest BCUT2D eigenvalue weighted by Crippen LogP contribution is -2.29. The largest absolute Gasteiger partial charge is 0.457 e. The van der Waals surface area contributed by atoms with E-state index in [-0.39, 0.29) is 5.97 Å². The maximum Gasteiger partial charge on any atom is 0.331 e. The topological polar surface area (TPSA) is 35.5 Å². The van der Waals surface area contributed by atoms with Gasteiger partial charge in [-0.1, -0.05) is 17.2 Å². The van der Waals surface area contributed by atoms with E-state index >= 15 is 0 Å². The predicted octanol–water partition coefficient (Wildman–Crippen LogP) is 2.87. The molecule has 1 saturated carbocycles. The van der Waals surface area contributed by atoms with Crippen LogP contribution in [0.3, 0.4) is 0 Å². The van der Waals surface area contributed by atoms with Crippen molar-refractivity contribution in [3.05, 3.63) is 23.3 Å². The van der Waals surface area contributed by atoms with Crippen LogP contribution in [0.1, 0.15) is 33.6 Å². The molecule has 3 aliphatic rings. The minimum atomic E-state index is -0.406. The van der Waals surface area contributed by atoms with E-state index in [1.54, 1.807) is 11.6 Å². The SMILES string of the molecule is CC(C)(C)OC(=O)/C=C1/CC2CC(C3COC3)=CC12. The van der Waals surface area contributed by atoms with E-state index in [4.69, 9.17) is 9.47 Å². The Bertz CT molecular complexity index is 449. The molecule has 1 heterocycles. The van der Waals surface area contributed by atoms with Crippen molar-refractivity contribution < 1.29 is 14.3 Å². The van der Waals surface area contributed by atoms with Crippen LogP contribution in [0.25, 0.3) is 0 Å². The van der Waals surface area contributed by atoms with E-state index in [1.807, 2.05) is 20.8 Å². The van der Waals surface area contributed by atoms with Crippen molar-refractivity contribution in [2.45, 2.75) is 39.2 Å². The van der Waals surface area contributed by atoms with Crippen molar-refractivity contribution in [3.8, 4) is 0 Å². The van der Waals surface area contributed by atoms with Gasteiger partial charge in [0.15, 0.2) is 0 Å². The summed E-state index contributed by atoms with van der Waals surface area (Å²) in [5.41, 5.74) is 2.39. The van der Waals surface area contributed by atoms with Crippen molar-refractivity contribution in [1.29, 1.82) is 0 Å². The molecule has 19 heavy (non-hydrogen) atoms. The Morgan fingerprint density at radius 1 is 1.37 bits per heavy atom. The lowest BCUT2D eigenvalue weighted by Gasteiger charge is -2.34. The van der Waals surface area contributed by atoms with Crippen LogP contribution >= 0.6 is 0 Å². The highest BCUT2D eigenvalue weighted by molar-refractivity contribution is 5.83. The predicted molar refractivity (Wildman–Crippen MR) is 72.5 cm³/mol. The first-order chi connectivity index (χ1) is 8.92. The normalized spacial score (nSPS) is 32.4. The van der Waals surface area contributed by atoms with Crippen LogP contribution in [0.2, 0.25) is 0 Å². The van der Waals surface area contributed by atoms with Gasteiger partial charge in [0, 0.05) is 17.9 Å². The fourth-order valence-corrected chi connectivity index (χ4v) is 3.14. The Labute approximate surface area is 114 Å². The summed E-state index contributed by atoms with van der Waals surface area (Å²) in [4.78, 5) is 11.8. The van der Waals surface area contributed by atoms with E-state index in [0.717, 1.165) is 25.6 Å². The van der Waals surface area contributed by atoms with Crippen LogP contribution in [-0.4, -0.2) is 24.8 Å². The highest BCUT2D eigenvalue weighted by Gasteiger charge is 2.42. The second-order valence-corrected chi connectivity index (χ2v) is 6.92. The number of carbonyl (C=O) groups is 1. The average molecular weight is 262 g/mol. The Morgan fingerprint density at radius 2 is 2.11 bits per heavy atom. The molecule has 0 bridgehead atoms. The van der Waals surface area contributed by atoms with Gasteiger partial charge in [-0.15, -0.1) is 0 Å². The van der Waals surface area contributed by atoms with Gasteiger partial charge in [-0.25, -0.2) is 4.79 Å². The van der Waals surface area contributed by atoms with Crippen LogP contribution < -0.4 is 0 Å². The summed E-state index contributed by atoms with van der Waals surface area (Å²) in [5.74, 6) is 1.66. The van der Waals surface area contributed by atoms with Gasteiger partial charge < -0.3 is 9.47 Å². The molecule has 0 aromatic carbocycles. The molecule has 3 rings (SSSR count). The number of ether oxygens (including phenoxy) is 2. The van der Waals surface area contributed by atoms with E-state index in [0.29, 0.717) is 11.8 Å². The molecule has 3 heteroatoms. The number of hydrogen-bond acceptors (Lipinski definition) is 3. The molecular weight excluding hydrogens is 240 g/mol. The molecule has 0 spiro atoms. The minimum Gasteiger partial charge on any atom is -0.457 e. The Morgan fingerprint density at radius 3 is 2.68 bits per heavy atom. The smallest absolute Gasteiger partial charge is 0.331 e. The summed E-state index contributed by atoms with van der Waals surface area (Å²) < 4.78 is 10.6. The van der Waals surface area contributed by atoms with Crippen molar-refractivity contribution in [2.75, 3.05) is 13.2 Å². The van der Waals surface area contributed by atoms with Crippen molar-refractivity contribution in [2.24, 2.45) is 17.8 Å². The van der Waals surface area contributed by atoms with E-state index < -0.39 is 5.60 Å². The second-order valence-electron chi connectivity index (χ2n) is 6.92. The van der Waals surface area contributed by atoms with Gasteiger partial charge in [-0.3, -0.25) is 0 Å². The zero-order valence-electron chi connectivity index (χ0n) is 11.9. The molecule has 2 unspecified atom stereocenters. The van der Waals surface area contributed by atoms with Gasteiger partial charge >= 0.3 is 5.97 Å². The van der Waals surface area contributed by atoms with Crippen LogP contribution in [0.4, 0.5) is 0 Å². The third-order valence-electron chi connectivity index (χ3n) is 4.20. The van der Waals surface area contributed by atoms with Gasteiger partial charge in [-0.2, -0.15) is 0 Å². The van der Waals surface area contributed by atoms with E-state index in [2.05, 4.69) is 6.08 Å². The molecule has 2 fully saturated rings. The number of fused-ring (bicyclic) bond motifs is 1. The summed E-state index contributed by atoms with van der Waals surface area (Å²) in [5, 5.41) is 0. The van der Waals surface area contributed by atoms with E-state index in [1.165, 1.54) is 12.0 Å². The number of rotatable bonds is 2. The lowest BCUT2D eigenvalue weighted by molar-refractivity contribution is -0.148. The van der Waals surface area contributed by atoms with E-state index in [9.17, 15) is 4.79 Å². The van der Waals surface area contributed by atoms with Crippen LogP contribution in [0.15, 0.2) is 23.3 Å². The summed E-state index contributed by atoms with van der Waals surface area (Å²) in [6, 6.07) is 0. The van der Waals surface area contributed by atoms with Gasteiger partial charge in [0.25, 0.3) is 0 Å². The molecule has 0 radical (unpaired) electrons. The molecule has 0 aromatic rings. The van der Waals surface area contributed by atoms with Gasteiger partial charge in [-0.05, 0) is 39.5 Å². The third-order valence-corrected chi connectivity index (χ3v) is 4.20. The monoisotopic (exact) mass is 262 g/mol. The first-order valence-corrected chi connectivity index (χ1v) is 7.14. The van der Waals surface area contributed by atoms with Crippen molar-refractivity contribution in [3.63, 3.8) is 0 Å². The zero-order chi connectivity index (χ0) is 13.6. The molecule has 0 N–H and O–H groups in total. The zero-order valence-corrected chi connectivity index (χ0v) is 11.9. The van der Waals surface area contributed by atoms with Crippen LogP contribution in [0, 0.1) is 17.8 Å². The summed E-state index contributed by atoms with van der Waals surface area (Å²) >= 11 is 0. The summed E-state index contributed by atoms with van der Waals surface area (Å²) in [6.07, 6.45) is 6.34. The van der Waals surface area contributed by atoms with Gasteiger partial charge in [0.2, 0.25) is 0 Å². The van der Waals surface area contributed by atoms with Crippen molar-refractivity contribution >= 4 is 5.97 Å². The molecule has 0 amide bonds. The van der Waals surface area contributed by atoms with Gasteiger partial charge in [0.1, 0.15) is 5.60 Å². The maximum absolute atomic E-state index is 11.8. The molecular formula is C16H22O3. The Hall–Kier alpha value is -1.09. The number of hydrogen-bond donors (Lipinski definition) is 0. The molecule has 1 aliphatic heterocycles. The molecule has 104 valence electrons. The van der Waals surface area contributed by atoms with Gasteiger partial charge in [0.05, 0.1) is 13.2 Å².